The molecule has 0 saturated heterocycles. The average Bonchev–Trinajstić information content (AvgIpc) is 2.71. The molecule has 0 amide bonds. The summed E-state index contributed by atoms with van der Waals surface area (Å²) < 4.78 is 5.34. The Morgan fingerprint density at radius 2 is 2.28 bits per heavy atom. The number of rotatable bonds is 4. The summed E-state index contributed by atoms with van der Waals surface area (Å²) in [5.74, 6) is 1.47. The van der Waals surface area contributed by atoms with Gasteiger partial charge in [-0.15, -0.1) is 0 Å². The molecule has 1 saturated carbocycles. The smallest absolute Gasteiger partial charge is 0.122 e. The Balaban J connectivity index is 2.16. The van der Waals surface area contributed by atoms with Gasteiger partial charge in [0, 0.05) is 11.4 Å². The van der Waals surface area contributed by atoms with Crippen molar-refractivity contribution in [1.82, 2.24) is 0 Å². The Morgan fingerprint density at radius 3 is 2.89 bits per heavy atom. The van der Waals surface area contributed by atoms with Crippen LogP contribution in [-0.2, 0) is 6.42 Å². The van der Waals surface area contributed by atoms with Crippen LogP contribution in [0.15, 0.2) is 18.2 Å². The predicted molar refractivity (Wildman–Crippen MR) is 74.3 cm³/mol. The molecule has 1 aliphatic carbocycles. The van der Waals surface area contributed by atoms with E-state index >= 15 is 0 Å². The van der Waals surface area contributed by atoms with Gasteiger partial charge in [-0.05, 0) is 48.9 Å². The first-order chi connectivity index (χ1) is 8.56. The molecule has 0 bridgehead atoms. The first-order valence-corrected chi connectivity index (χ1v) is 6.99. The van der Waals surface area contributed by atoms with Gasteiger partial charge in [-0.2, -0.15) is 0 Å². The minimum absolute atomic E-state index is 0.585. The van der Waals surface area contributed by atoms with Crippen LogP contribution in [0.25, 0.3) is 0 Å². The highest BCUT2D eigenvalue weighted by Crippen LogP contribution is 2.40. The Hall–Kier alpha value is -0.730. The van der Waals surface area contributed by atoms with Crippen LogP contribution in [0.3, 0.4) is 0 Å². The Labute approximate surface area is 114 Å². The Kier molecular flexibility index (Phi) is 4.18. The molecule has 100 valence electrons. The summed E-state index contributed by atoms with van der Waals surface area (Å²) in [6, 6.07) is 5.59. The Morgan fingerprint density at radius 1 is 1.50 bits per heavy atom. The number of aliphatic hydroxyl groups is 1. The molecule has 2 unspecified atom stereocenters. The molecule has 0 radical (unpaired) electrons. The third kappa shape index (κ3) is 2.99. The molecule has 1 aliphatic rings. The van der Waals surface area contributed by atoms with Crippen molar-refractivity contribution in [2.75, 3.05) is 7.11 Å². The van der Waals surface area contributed by atoms with E-state index in [4.69, 9.17) is 16.3 Å². The first-order valence-electron chi connectivity index (χ1n) is 6.61. The van der Waals surface area contributed by atoms with Crippen LogP contribution in [0.5, 0.6) is 5.75 Å². The van der Waals surface area contributed by atoms with Crippen molar-refractivity contribution in [1.29, 1.82) is 0 Å². The van der Waals surface area contributed by atoms with Gasteiger partial charge in [0.25, 0.3) is 0 Å². The van der Waals surface area contributed by atoms with Crippen LogP contribution in [0, 0.1) is 5.92 Å². The van der Waals surface area contributed by atoms with Gasteiger partial charge in [0.15, 0.2) is 0 Å². The molecule has 1 fully saturated rings. The van der Waals surface area contributed by atoms with E-state index in [-0.39, 0.29) is 0 Å². The van der Waals surface area contributed by atoms with Gasteiger partial charge in [-0.25, -0.2) is 0 Å². The van der Waals surface area contributed by atoms with Crippen molar-refractivity contribution >= 4 is 11.6 Å². The van der Waals surface area contributed by atoms with Gasteiger partial charge in [0.1, 0.15) is 5.75 Å². The van der Waals surface area contributed by atoms with Crippen molar-refractivity contribution in [3.05, 3.63) is 28.8 Å². The largest absolute Gasteiger partial charge is 0.496 e. The topological polar surface area (TPSA) is 29.5 Å². The van der Waals surface area contributed by atoms with Gasteiger partial charge in [-0.1, -0.05) is 24.9 Å². The molecule has 2 rings (SSSR count). The van der Waals surface area contributed by atoms with Crippen LogP contribution in [0.4, 0.5) is 0 Å². The molecule has 1 aromatic rings. The van der Waals surface area contributed by atoms with E-state index in [0.717, 1.165) is 37.0 Å². The van der Waals surface area contributed by atoms with E-state index in [9.17, 15) is 5.11 Å². The maximum Gasteiger partial charge on any atom is 0.122 e. The first kappa shape index (κ1) is 13.7. The van der Waals surface area contributed by atoms with E-state index in [1.165, 1.54) is 0 Å². The number of benzene rings is 1. The standard InChI is InChI=1S/C15H21ClO2/c1-3-11-6-7-15(17,9-11)10-12-8-13(16)4-5-14(12)18-2/h4-5,8,11,17H,3,6-7,9-10H2,1-2H3. The van der Waals surface area contributed by atoms with Gasteiger partial charge < -0.3 is 9.84 Å². The minimum Gasteiger partial charge on any atom is -0.496 e. The zero-order valence-electron chi connectivity index (χ0n) is 11.1. The quantitative estimate of drug-likeness (QED) is 0.899. The van der Waals surface area contributed by atoms with Crippen LogP contribution in [-0.4, -0.2) is 17.8 Å². The normalized spacial score (nSPS) is 27.4. The number of methoxy groups -OCH3 is 1. The number of hydrogen-bond acceptors (Lipinski definition) is 2. The summed E-state index contributed by atoms with van der Waals surface area (Å²) in [6.45, 7) is 2.19. The highest BCUT2D eigenvalue weighted by atomic mass is 35.5. The number of hydrogen-bond donors (Lipinski definition) is 1. The molecule has 2 atom stereocenters. The monoisotopic (exact) mass is 268 g/mol. The highest BCUT2D eigenvalue weighted by Gasteiger charge is 2.37. The molecule has 3 heteroatoms. The van der Waals surface area contributed by atoms with Gasteiger partial charge in [0.2, 0.25) is 0 Å². The van der Waals surface area contributed by atoms with E-state index in [2.05, 4.69) is 6.92 Å². The van der Waals surface area contributed by atoms with E-state index in [0.29, 0.717) is 17.4 Å². The number of halogens is 1. The molecule has 1 aromatic carbocycles. The van der Waals surface area contributed by atoms with Crippen LogP contribution >= 0.6 is 11.6 Å². The highest BCUT2D eigenvalue weighted by molar-refractivity contribution is 6.30. The molecule has 0 aromatic heterocycles. The molecule has 0 heterocycles. The third-order valence-electron chi connectivity index (χ3n) is 4.03. The zero-order valence-corrected chi connectivity index (χ0v) is 11.8. The van der Waals surface area contributed by atoms with Crippen molar-refractivity contribution in [3.8, 4) is 5.75 Å². The summed E-state index contributed by atoms with van der Waals surface area (Å²) in [6.07, 6.45) is 4.67. The van der Waals surface area contributed by atoms with Gasteiger partial charge in [0.05, 0.1) is 12.7 Å². The van der Waals surface area contributed by atoms with Gasteiger partial charge in [-0.3, -0.25) is 0 Å². The van der Waals surface area contributed by atoms with Gasteiger partial charge >= 0.3 is 0 Å². The minimum atomic E-state index is -0.585. The lowest BCUT2D eigenvalue weighted by molar-refractivity contribution is 0.0431. The van der Waals surface area contributed by atoms with Crippen molar-refractivity contribution < 1.29 is 9.84 Å². The summed E-state index contributed by atoms with van der Waals surface area (Å²) in [5, 5.41) is 11.4. The molecule has 1 N–H and O–H groups in total. The van der Waals surface area contributed by atoms with Crippen molar-refractivity contribution in [2.24, 2.45) is 5.92 Å². The second kappa shape index (κ2) is 5.50. The van der Waals surface area contributed by atoms with E-state index in [1.807, 2.05) is 18.2 Å². The third-order valence-corrected chi connectivity index (χ3v) is 4.26. The fourth-order valence-electron chi connectivity index (χ4n) is 2.96. The second-order valence-corrected chi connectivity index (χ2v) is 5.81. The lowest BCUT2D eigenvalue weighted by Crippen LogP contribution is -2.28. The molecular formula is C15H21ClO2. The van der Waals surface area contributed by atoms with Crippen LogP contribution in [0.1, 0.15) is 38.2 Å². The lowest BCUT2D eigenvalue weighted by Gasteiger charge is -2.24. The van der Waals surface area contributed by atoms with Crippen LogP contribution < -0.4 is 4.74 Å². The lowest BCUT2D eigenvalue weighted by atomic mass is 9.91. The molecule has 0 spiro atoms. The second-order valence-electron chi connectivity index (χ2n) is 5.37. The fourth-order valence-corrected chi connectivity index (χ4v) is 3.16. The summed E-state index contributed by atoms with van der Waals surface area (Å²) in [5.41, 5.74) is 0.419. The van der Waals surface area contributed by atoms with Crippen LogP contribution in [0.2, 0.25) is 5.02 Å². The molecule has 2 nitrogen and oxygen atoms in total. The molecule has 0 aliphatic heterocycles. The maximum absolute atomic E-state index is 10.7. The van der Waals surface area contributed by atoms with E-state index < -0.39 is 5.60 Å². The predicted octanol–water partition coefficient (Wildman–Crippen LogP) is 3.83. The molecule has 18 heavy (non-hydrogen) atoms. The zero-order chi connectivity index (χ0) is 13.2. The SMILES string of the molecule is CCC1CCC(O)(Cc2cc(Cl)ccc2OC)C1. The maximum atomic E-state index is 10.7. The van der Waals surface area contributed by atoms with Crippen molar-refractivity contribution in [3.63, 3.8) is 0 Å². The number of ether oxygens (including phenoxy) is 1. The van der Waals surface area contributed by atoms with Crippen molar-refractivity contribution in [2.45, 2.75) is 44.6 Å². The Bertz CT molecular complexity index is 419. The fraction of sp³-hybridized carbons (Fsp3) is 0.600. The summed E-state index contributed by atoms with van der Waals surface area (Å²) in [7, 11) is 1.65. The summed E-state index contributed by atoms with van der Waals surface area (Å²) >= 11 is 6.02. The average molecular weight is 269 g/mol. The molecular weight excluding hydrogens is 248 g/mol. The summed E-state index contributed by atoms with van der Waals surface area (Å²) in [4.78, 5) is 0. The van der Waals surface area contributed by atoms with E-state index in [1.54, 1.807) is 7.11 Å².